The van der Waals surface area contributed by atoms with Crippen molar-refractivity contribution in [2.24, 2.45) is 0 Å². The molecule has 1 aromatic rings. The average Bonchev–Trinajstić information content (AvgIpc) is 2.32. The van der Waals surface area contributed by atoms with Gasteiger partial charge in [-0.3, -0.25) is 0 Å². The first kappa shape index (κ1) is 16.9. The molecule has 0 bridgehead atoms. The van der Waals surface area contributed by atoms with Crippen molar-refractivity contribution < 1.29 is 9.18 Å². The summed E-state index contributed by atoms with van der Waals surface area (Å²) in [7, 11) is 2.01. The highest BCUT2D eigenvalue weighted by atomic mass is 79.9. The lowest BCUT2D eigenvalue weighted by Gasteiger charge is -2.25. The van der Waals surface area contributed by atoms with Crippen LogP contribution in [0.1, 0.15) is 20.8 Å². The van der Waals surface area contributed by atoms with Crippen molar-refractivity contribution in [3.8, 4) is 0 Å². The smallest absolute Gasteiger partial charge is 0.319 e. The highest BCUT2D eigenvalue weighted by molar-refractivity contribution is 9.10. The first-order valence-electron chi connectivity index (χ1n) is 6.52. The summed E-state index contributed by atoms with van der Waals surface area (Å²) in [6.45, 7) is 6.90. The van der Waals surface area contributed by atoms with Crippen molar-refractivity contribution in [1.82, 2.24) is 10.2 Å². The minimum Gasteiger partial charge on any atom is -0.334 e. The molecule has 112 valence electrons. The number of rotatable bonds is 5. The largest absolute Gasteiger partial charge is 0.334 e. The minimum atomic E-state index is -0.352. The molecule has 0 heterocycles. The number of halogens is 2. The summed E-state index contributed by atoms with van der Waals surface area (Å²) >= 11 is 3.21. The van der Waals surface area contributed by atoms with Crippen LogP contribution in [-0.2, 0) is 0 Å². The number of amides is 2. The van der Waals surface area contributed by atoms with Gasteiger partial charge in [0.1, 0.15) is 5.82 Å². The van der Waals surface area contributed by atoms with Gasteiger partial charge in [0.25, 0.3) is 0 Å². The number of carbonyl (C=O) groups excluding carboxylic acids is 1. The SMILES string of the molecule is CC(C)N(C)C[C@H](C)NC(=O)Nc1ccc(F)cc1Br. The highest BCUT2D eigenvalue weighted by Crippen LogP contribution is 2.22. The van der Waals surface area contributed by atoms with Gasteiger partial charge in [0, 0.05) is 23.1 Å². The number of anilines is 1. The van der Waals surface area contributed by atoms with Gasteiger partial charge >= 0.3 is 6.03 Å². The molecule has 1 atom stereocenters. The predicted octanol–water partition coefficient (Wildman–Crippen LogP) is 3.44. The molecule has 2 amide bonds. The summed E-state index contributed by atoms with van der Waals surface area (Å²) in [5.74, 6) is -0.352. The van der Waals surface area contributed by atoms with Gasteiger partial charge < -0.3 is 15.5 Å². The topological polar surface area (TPSA) is 44.4 Å². The molecule has 2 N–H and O–H groups in total. The fraction of sp³-hybridized carbons (Fsp3) is 0.500. The van der Waals surface area contributed by atoms with E-state index in [0.29, 0.717) is 16.2 Å². The minimum absolute atomic E-state index is 0.0154. The number of likely N-dealkylation sites (N-methyl/N-ethyl adjacent to an activating group) is 1. The first-order chi connectivity index (χ1) is 9.29. The van der Waals surface area contributed by atoms with Crippen LogP contribution in [0.4, 0.5) is 14.9 Å². The van der Waals surface area contributed by atoms with E-state index in [-0.39, 0.29) is 17.9 Å². The van der Waals surface area contributed by atoms with E-state index < -0.39 is 0 Å². The van der Waals surface area contributed by atoms with Crippen molar-refractivity contribution >= 4 is 27.6 Å². The van der Waals surface area contributed by atoms with E-state index in [1.165, 1.54) is 18.2 Å². The van der Waals surface area contributed by atoms with E-state index in [2.05, 4.69) is 45.3 Å². The number of carbonyl (C=O) groups is 1. The van der Waals surface area contributed by atoms with Crippen LogP contribution in [0.15, 0.2) is 22.7 Å². The zero-order valence-corrected chi connectivity index (χ0v) is 13.8. The third-order valence-corrected chi connectivity index (χ3v) is 3.66. The Morgan fingerprint density at radius 2 is 2.05 bits per heavy atom. The lowest BCUT2D eigenvalue weighted by molar-refractivity contribution is 0.230. The molecule has 4 nitrogen and oxygen atoms in total. The quantitative estimate of drug-likeness (QED) is 0.858. The van der Waals surface area contributed by atoms with Gasteiger partial charge in [0.2, 0.25) is 0 Å². The Kier molecular flexibility index (Phi) is 6.42. The zero-order valence-electron chi connectivity index (χ0n) is 12.2. The molecule has 0 unspecified atom stereocenters. The molecule has 0 aliphatic rings. The first-order valence-corrected chi connectivity index (χ1v) is 7.31. The molecule has 0 aromatic heterocycles. The molecular weight excluding hydrogens is 325 g/mol. The molecule has 0 saturated heterocycles. The standard InChI is InChI=1S/C14H21BrFN3O/c1-9(2)19(4)8-10(3)17-14(20)18-13-6-5-11(16)7-12(13)15/h5-7,9-10H,8H2,1-4H3,(H2,17,18,20)/t10-/m0/s1. The van der Waals surface area contributed by atoms with E-state index in [1.54, 1.807) is 0 Å². The molecule has 20 heavy (non-hydrogen) atoms. The Labute approximate surface area is 127 Å². The van der Waals surface area contributed by atoms with Crippen LogP contribution >= 0.6 is 15.9 Å². The van der Waals surface area contributed by atoms with Gasteiger partial charge in [-0.25, -0.2) is 9.18 Å². The van der Waals surface area contributed by atoms with Crippen LogP contribution < -0.4 is 10.6 Å². The van der Waals surface area contributed by atoms with Crippen LogP contribution in [0.25, 0.3) is 0 Å². The van der Waals surface area contributed by atoms with Gasteiger partial charge in [-0.15, -0.1) is 0 Å². The second-order valence-electron chi connectivity index (χ2n) is 5.16. The normalized spacial score (nSPS) is 12.6. The van der Waals surface area contributed by atoms with Crippen molar-refractivity contribution in [3.05, 3.63) is 28.5 Å². The van der Waals surface area contributed by atoms with Crippen LogP contribution in [-0.4, -0.2) is 36.6 Å². The van der Waals surface area contributed by atoms with Crippen molar-refractivity contribution in [1.29, 1.82) is 0 Å². The number of hydrogen-bond donors (Lipinski definition) is 2. The van der Waals surface area contributed by atoms with Crippen LogP contribution in [0.5, 0.6) is 0 Å². The van der Waals surface area contributed by atoms with Crippen molar-refractivity contribution in [3.63, 3.8) is 0 Å². The zero-order chi connectivity index (χ0) is 15.3. The van der Waals surface area contributed by atoms with Crippen molar-refractivity contribution in [2.45, 2.75) is 32.9 Å². The molecular formula is C14H21BrFN3O. The second kappa shape index (κ2) is 7.59. The summed E-state index contributed by atoms with van der Waals surface area (Å²) in [4.78, 5) is 14.0. The summed E-state index contributed by atoms with van der Waals surface area (Å²) in [5, 5.41) is 5.54. The van der Waals surface area contributed by atoms with E-state index in [4.69, 9.17) is 0 Å². The number of nitrogens with one attached hydrogen (secondary N) is 2. The molecule has 1 rings (SSSR count). The van der Waals surface area contributed by atoms with E-state index in [1.807, 2.05) is 14.0 Å². The maximum atomic E-state index is 13.0. The summed E-state index contributed by atoms with van der Waals surface area (Å²) < 4.78 is 13.5. The van der Waals surface area contributed by atoms with E-state index in [0.717, 1.165) is 6.54 Å². The van der Waals surface area contributed by atoms with Crippen molar-refractivity contribution in [2.75, 3.05) is 18.9 Å². The maximum Gasteiger partial charge on any atom is 0.319 e. The number of nitrogens with zero attached hydrogens (tertiary/aromatic N) is 1. The Morgan fingerprint density at radius 1 is 1.40 bits per heavy atom. The molecule has 0 fully saturated rings. The van der Waals surface area contributed by atoms with Gasteiger partial charge in [-0.05, 0) is 61.9 Å². The van der Waals surface area contributed by atoms with E-state index in [9.17, 15) is 9.18 Å². The number of benzene rings is 1. The lowest BCUT2D eigenvalue weighted by Crippen LogP contribution is -2.44. The van der Waals surface area contributed by atoms with Crippen LogP contribution in [0.2, 0.25) is 0 Å². The average molecular weight is 346 g/mol. The predicted molar refractivity (Wildman–Crippen MR) is 83.5 cm³/mol. The highest BCUT2D eigenvalue weighted by Gasteiger charge is 2.12. The third kappa shape index (κ3) is 5.46. The summed E-state index contributed by atoms with van der Waals surface area (Å²) in [6, 6.07) is 4.27. The second-order valence-corrected chi connectivity index (χ2v) is 6.01. The van der Waals surface area contributed by atoms with Crippen LogP contribution in [0, 0.1) is 5.82 Å². The Morgan fingerprint density at radius 3 is 2.60 bits per heavy atom. The fourth-order valence-corrected chi connectivity index (χ4v) is 2.11. The third-order valence-electron chi connectivity index (χ3n) is 3.00. The van der Waals surface area contributed by atoms with Gasteiger partial charge in [0.15, 0.2) is 0 Å². The molecule has 6 heteroatoms. The van der Waals surface area contributed by atoms with Gasteiger partial charge in [0.05, 0.1) is 5.69 Å². The van der Waals surface area contributed by atoms with Crippen LogP contribution in [0.3, 0.4) is 0 Å². The molecule has 1 aromatic carbocycles. The lowest BCUT2D eigenvalue weighted by atomic mass is 10.2. The molecule has 0 spiro atoms. The number of urea groups is 1. The number of hydrogen-bond acceptors (Lipinski definition) is 2. The Balaban J connectivity index is 2.51. The molecule has 0 aliphatic carbocycles. The Hall–Kier alpha value is -1.14. The maximum absolute atomic E-state index is 13.0. The monoisotopic (exact) mass is 345 g/mol. The summed E-state index contributed by atoms with van der Waals surface area (Å²) in [5.41, 5.74) is 0.535. The summed E-state index contributed by atoms with van der Waals surface area (Å²) in [6.07, 6.45) is 0. The molecule has 0 aliphatic heterocycles. The van der Waals surface area contributed by atoms with Gasteiger partial charge in [-0.1, -0.05) is 0 Å². The fourth-order valence-electron chi connectivity index (χ4n) is 1.66. The molecule has 0 saturated carbocycles. The van der Waals surface area contributed by atoms with Gasteiger partial charge in [-0.2, -0.15) is 0 Å². The van der Waals surface area contributed by atoms with E-state index >= 15 is 0 Å². The molecule has 0 radical (unpaired) electrons. The Bertz CT molecular complexity index is 468.